The zero-order chi connectivity index (χ0) is 11.8. The van der Waals surface area contributed by atoms with E-state index < -0.39 is 0 Å². The molecule has 0 amide bonds. The molecular weight excluding hydrogens is 254 g/mol. The number of carbonyl (C=O) groups is 1. The lowest BCUT2D eigenvalue weighted by atomic mass is 9.85. The van der Waals surface area contributed by atoms with E-state index in [9.17, 15) is 4.79 Å². The number of hydrogen-bond donors (Lipinski definition) is 1. The van der Waals surface area contributed by atoms with Gasteiger partial charge in [0.15, 0.2) is 5.78 Å². The molecule has 0 radical (unpaired) electrons. The molecule has 1 aromatic heterocycles. The number of fused-ring (bicyclic) bond motifs is 1. The first kappa shape index (κ1) is 11.7. The molecular formula is C13H16ClNOS. The molecule has 2 fully saturated rings. The van der Waals surface area contributed by atoms with Crippen molar-refractivity contribution in [1.29, 1.82) is 0 Å². The molecule has 2 nitrogen and oxygen atoms in total. The lowest BCUT2D eigenvalue weighted by molar-refractivity contribution is 0.0953. The molecule has 2 heterocycles. The van der Waals surface area contributed by atoms with Crippen LogP contribution in [-0.2, 0) is 0 Å². The van der Waals surface area contributed by atoms with Crippen molar-refractivity contribution in [2.45, 2.75) is 44.2 Å². The van der Waals surface area contributed by atoms with E-state index in [2.05, 4.69) is 5.32 Å². The average Bonchev–Trinajstić information content (AvgIpc) is 2.93. The van der Waals surface area contributed by atoms with E-state index in [4.69, 9.17) is 11.6 Å². The fourth-order valence-electron chi connectivity index (χ4n) is 3.15. The SMILES string of the molecule is O=C(c1sccc1Cl)C1CC2CCCCC2N1. The molecule has 92 valence electrons. The lowest BCUT2D eigenvalue weighted by Gasteiger charge is -2.24. The maximum absolute atomic E-state index is 12.3. The first-order valence-electron chi connectivity index (χ1n) is 6.29. The minimum absolute atomic E-state index is 0.000694. The van der Waals surface area contributed by atoms with Crippen LogP contribution in [0.3, 0.4) is 0 Å². The zero-order valence-electron chi connectivity index (χ0n) is 9.62. The number of rotatable bonds is 2. The van der Waals surface area contributed by atoms with Gasteiger partial charge in [-0.25, -0.2) is 0 Å². The van der Waals surface area contributed by atoms with Crippen molar-refractivity contribution in [2.24, 2.45) is 5.92 Å². The molecule has 2 aliphatic rings. The van der Waals surface area contributed by atoms with Crippen molar-refractivity contribution >= 4 is 28.7 Å². The van der Waals surface area contributed by atoms with Gasteiger partial charge in [-0.05, 0) is 36.6 Å². The van der Waals surface area contributed by atoms with Gasteiger partial charge in [0, 0.05) is 6.04 Å². The molecule has 1 N–H and O–H groups in total. The van der Waals surface area contributed by atoms with Crippen molar-refractivity contribution < 1.29 is 4.79 Å². The van der Waals surface area contributed by atoms with Crippen LogP contribution in [0.5, 0.6) is 0 Å². The van der Waals surface area contributed by atoms with Crippen LogP contribution in [0.1, 0.15) is 41.8 Å². The highest BCUT2D eigenvalue weighted by Gasteiger charge is 2.38. The highest BCUT2D eigenvalue weighted by Crippen LogP contribution is 2.35. The van der Waals surface area contributed by atoms with Gasteiger partial charge >= 0.3 is 0 Å². The summed E-state index contributed by atoms with van der Waals surface area (Å²) in [5.41, 5.74) is 0. The monoisotopic (exact) mass is 269 g/mol. The predicted molar refractivity (Wildman–Crippen MR) is 70.9 cm³/mol. The van der Waals surface area contributed by atoms with Gasteiger partial charge in [0.2, 0.25) is 0 Å². The van der Waals surface area contributed by atoms with Crippen molar-refractivity contribution in [3.8, 4) is 0 Å². The Morgan fingerprint density at radius 3 is 2.94 bits per heavy atom. The van der Waals surface area contributed by atoms with Crippen molar-refractivity contribution in [2.75, 3.05) is 0 Å². The van der Waals surface area contributed by atoms with Gasteiger partial charge < -0.3 is 5.32 Å². The molecule has 3 unspecified atom stereocenters. The quantitative estimate of drug-likeness (QED) is 0.833. The molecule has 3 rings (SSSR count). The van der Waals surface area contributed by atoms with E-state index in [0.29, 0.717) is 17.0 Å². The summed E-state index contributed by atoms with van der Waals surface area (Å²) < 4.78 is 0. The molecule has 3 atom stereocenters. The maximum Gasteiger partial charge on any atom is 0.191 e. The first-order valence-corrected chi connectivity index (χ1v) is 7.54. The number of thiophene rings is 1. The second-order valence-electron chi connectivity index (χ2n) is 5.07. The van der Waals surface area contributed by atoms with Crippen LogP contribution in [0.2, 0.25) is 5.02 Å². The largest absolute Gasteiger partial charge is 0.304 e. The van der Waals surface area contributed by atoms with Gasteiger partial charge in [0.1, 0.15) is 0 Å². The molecule has 0 spiro atoms. The summed E-state index contributed by atoms with van der Waals surface area (Å²) in [6, 6.07) is 2.37. The van der Waals surface area contributed by atoms with E-state index in [1.54, 1.807) is 0 Å². The second kappa shape index (κ2) is 4.71. The van der Waals surface area contributed by atoms with Crippen LogP contribution in [0.15, 0.2) is 11.4 Å². The van der Waals surface area contributed by atoms with Crippen LogP contribution < -0.4 is 5.32 Å². The van der Waals surface area contributed by atoms with Gasteiger partial charge in [-0.1, -0.05) is 24.4 Å². The number of carbonyl (C=O) groups excluding carboxylic acids is 1. The van der Waals surface area contributed by atoms with E-state index in [1.165, 1.54) is 37.0 Å². The first-order chi connectivity index (χ1) is 8.25. The van der Waals surface area contributed by atoms with E-state index in [0.717, 1.165) is 11.3 Å². The summed E-state index contributed by atoms with van der Waals surface area (Å²) in [5.74, 6) is 0.899. The van der Waals surface area contributed by atoms with Crippen LogP contribution in [0.4, 0.5) is 0 Å². The van der Waals surface area contributed by atoms with E-state index in [1.807, 2.05) is 11.4 Å². The van der Waals surface area contributed by atoms with Gasteiger partial charge in [0.25, 0.3) is 0 Å². The third-order valence-electron chi connectivity index (χ3n) is 4.02. The summed E-state index contributed by atoms with van der Waals surface area (Å²) in [6.45, 7) is 0. The molecule has 1 saturated heterocycles. The molecule has 1 aliphatic heterocycles. The highest BCUT2D eigenvalue weighted by atomic mass is 35.5. The summed E-state index contributed by atoms with van der Waals surface area (Å²) in [6.07, 6.45) is 6.13. The maximum atomic E-state index is 12.3. The second-order valence-corrected chi connectivity index (χ2v) is 6.39. The standard InChI is InChI=1S/C13H16ClNOS/c14-9-5-6-17-13(9)12(16)11-7-8-3-1-2-4-10(8)15-11/h5-6,8,10-11,15H,1-4,7H2. The number of hydrogen-bond acceptors (Lipinski definition) is 3. The molecule has 17 heavy (non-hydrogen) atoms. The molecule has 0 aromatic carbocycles. The predicted octanol–water partition coefficient (Wildman–Crippen LogP) is 3.50. The number of nitrogens with one attached hydrogen (secondary N) is 1. The van der Waals surface area contributed by atoms with Crippen molar-refractivity contribution in [1.82, 2.24) is 5.32 Å². The molecule has 4 heteroatoms. The molecule has 1 aliphatic carbocycles. The summed E-state index contributed by atoms with van der Waals surface area (Å²) in [4.78, 5) is 13.1. The summed E-state index contributed by atoms with van der Waals surface area (Å²) in [5, 5.41) is 6.00. The number of halogens is 1. The third-order valence-corrected chi connectivity index (χ3v) is 5.38. The van der Waals surface area contributed by atoms with E-state index in [-0.39, 0.29) is 11.8 Å². The van der Waals surface area contributed by atoms with Gasteiger partial charge in [-0.3, -0.25) is 4.79 Å². The Balaban J connectivity index is 1.74. The molecule has 1 saturated carbocycles. The Morgan fingerprint density at radius 1 is 1.41 bits per heavy atom. The normalized spacial score (nSPS) is 32.4. The van der Waals surface area contributed by atoms with Gasteiger partial charge in [0.05, 0.1) is 15.9 Å². The molecule has 0 bridgehead atoms. The highest BCUT2D eigenvalue weighted by molar-refractivity contribution is 7.12. The summed E-state index contributed by atoms with van der Waals surface area (Å²) >= 11 is 7.48. The van der Waals surface area contributed by atoms with Gasteiger partial charge in [-0.2, -0.15) is 0 Å². The Hall–Kier alpha value is -0.380. The topological polar surface area (TPSA) is 29.1 Å². The number of Topliss-reactive ketones (excluding diaryl/α,β-unsaturated/α-hetero) is 1. The van der Waals surface area contributed by atoms with Crippen molar-refractivity contribution in [3.05, 3.63) is 21.3 Å². The van der Waals surface area contributed by atoms with Crippen LogP contribution in [0.25, 0.3) is 0 Å². The summed E-state index contributed by atoms with van der Waals surface area (Å²) in [7, 11) is 0. The minimum atomic E-state index is -0.000694. The fraction of sp³-hybridized carbons (Fsp3) is 0.615. The fourth-order valence-corrected chi connectivity index (χ4v) is 4.29. The minimum Gasteiger partial charge on any atom is -0.304 e. The van der Waals surface area contributed by atoms with Crippen LogP contribution >= 0.6 is 22.9 Å². The van der Waals surface area contributed by atoms with Crippen LogP contribution in [0, 0.1) is 5.92 Å². The van der Waals surface area contributed by atoms with Crippen LogP contribution in [-0.4, -0.2) is 17.9 Å². The Kier molecular flexibility index (Phi) is 3.24. The molecule has 1 aromatic rings. The smallest absolute Gasteiger partial charge is 0.191 e. The Bertz CT molecular complexity index is 417. The lowest BCUT2D eigenvalue weighted by Crippen LogP contribution is -2.37. The average molecular weight is 270 g/mol. The van der Waals surface area contributed by atoms with Gasteiger partial charge in [-0.15, -0.1) is 11.3 Å². The third kappa shape index (κ3) is 2.16. The van der Waals surface area contributed by atoms with Crippen molar-refractivity contribution in [3.63, 3.8) is 0 Å². The van der Waals surface area contributed by atoms with E-state index >= 15 is 0 Å². The Morgan fingerprint density at radius 2 is 2.24 bits per heavy atom. The number of ketones is 1. The zero-order valence-corrected chi connectivity index (χ0v) is 11.2. The Labute approximate surface area is 110 Å².